The van der Waals surface area contributed by atoms with Gasteiger partial charge in [-0.3, -0.25) is 4.21 Å². The summed E-state index contributed by atoms with van der Waals surface area (Å²) in [6.45, 7) is 0. The smallest absolute Gasteiger partial charge is 0.337 e. The second-order valence-electron chi connectivity index (χ2n) is 2.47. The fourth-order valence-electron chi connectivity index (χ4n) is 0.920. The van der Waals surface area contributed by atoms with Crippen molar-refractivity contribution < 1.29 is 13.7 Å². The van der Waals surface area contributed by atoms with Gasteiger partial charge in [-0.25, -0.2) is 4.79 Å². The van der Waals surface area contributed by atoms with Gasteiger partial charge in [0.2, 0.25) is 0 Å². The highest BCUT2D eigenvalue weighted by Crippen LogP contribution is 2.09. The van der Waals surface area contributed by atoms with Crippen LogP contribution in [-0.2, 0) is 15.5 Å². The summed E-state index contributed by atoms with van der Waals surface area (Å²) in [6.07, 6.45) is 1.57. The normalized spacial score (nSPS) is 12.2. The molecule has 13 heavy (non-hydrogen) atoms. The first-order chi connectivity index (χ1) is 6.15. The molecule has 0 aliphatic rings. The zero-order valence-corrected chi connectivity index (χ0v) is 8.26. The van der Waals surface area contributed by atoms with E-state index in [0.717, 1.165) is 0 Å². The van der Waals surface area contributed by atoms with Gasteiger partial charge in [0.25, 0.3) is 0 Å². The van der Waals surface area contributed by atoms with Crippen LogP contribution >= 0.6 is 0 Å². The van der Waals surface area contributed by atoms with Crippen molar-refractivity contribution in [1.29, 1.82) is 0 Å². The molecule has 1 aromatic rings. The second-order valence-corrected chi connectivity index (χ2v) is 3.85. The number of ether oxygens (including phenoxy) is 1. The van der Waals surface area contributed by atoms with E-state index < -0.39 is 16.8 Å². The highest BCUT2D eigenvalue weighted by atomic mass is 32.2. The zero-order chi connectivity index (χ0) is 9.84. The number of benzene rings is 1. The van der Waals surface area contributed by atoms with Gasteiger partial charge < -0.3 is 4.74 Å². The number of hydrogen-bond acceptors (Lipinski definition) is 3. The number of methoxy groups -OCH3 is 1. The molecule has 1 atom stereocenters. The SMILES string of the molecule is COC(=O)c1cccc(S(C)=O)c1. The van der Waals surface area contributed by atoms with Gasteiger partial charge >= 0.3 is 5.97 Å². The quantitative estimate of drug-likeness (QED) is 0.671. The van der Waals surface area contributed by atoms with Crippen molar-refractivity contribution in [1.82, 2.24) is 0 Å². The highest BCUT2D eigenvalue weighted by Gasteiger charge is 2.06. The lowest BCUT2D eigenvalue weighted by atomic mass is 10.2. The monoisotopic (exact) mass is 198 g/mol. The molecule has 0 saturated heterocycles. The summed E-state index contributed by atoms with van der Waals surface area (Å²) in [6, 6.07) is 6.59. The van der Waals surface area contributed by atoms with Crippen LogP contribution in [0, 0.1) is 0 Å². The molecule has 0 aliphatic carbocycles. The molecule has 0 aliphatic heterocycles. The molecule has 0 spiro atoms. The lowest BCUT2D eigenvalue weighted by Crippen LogP contribution is -2.01. The molecule has 1 unspecified atom stereocenters. The van der Waals surface area contributed by atoms with Gasteiger partial charge in [-0.05, 0) is 18.2 Å². The predicted octanol–water partition coefficient (Wildman–Crippen LogP) is 1.21. The Morgan fingerprint density at radius 2 is 2.15 bits per heavy atom. The van der Waals surface area contributed by atoms with Gasteiger partial charge in [0.05, 0.1) is 12.7 Å². The van der Waals surface area contributed by atoms with E-state index in [4.69, 9.17) is 0 Å². The van der Waals surface area contributed by atoms with Crippen LogP contribution in [-0.4, -0.2) is 23.5 Å². The van der Waals surface area contributed by atoms with Crippen LogP contribution in [0.4, 0.5) is 0 Å². The van der Waals surface area contributed by atoms with Gasteiger partial charge in [0.15, 0.2) is 0 Å². The summed E-state index contributed by atoms with van der Waals surface area (Å²) >= 11 is 0. The summed E-state index contributed by atoms with van der Waals surface area (Å²) in [4.78, 5) is 11.7. The summed E-state index contributed by atoms with van der Waals surface area (Å²) in [5, 5.41) is 0. The third-order valence-electron chi connectivity index (χ3n) is 1.59. The average Bonchev–Trinajstić information content (AvgIpc) is 2.17. The Morgan fingerprint density at radius 1 is 1.46 bits per heavy atom. The van der Waals surface area contributed by atoms with Crippen LogP contribution in [0.3, 0.4) is 0 Å². The number of carbonyl (C=O) groups excluding carboxylic acids is 1. The molecule has 4 heteroatoms. The standard InChI is InChI=1S/C9H10O3S/c1-12-9(10)7-4-3-5-8(6-7)13(2)11/h3-6H,1-2H3. The van der Waals surface area contributed by atoms with Crippen molar-refractivity contribution in [3.63, 3.8) is 0 Å². The first-order valence-electron chi connectivity index (χ1n) is 3.67. The Morgan fingerprint density at radius 3 is 2.69 bits per heavy atom. The maximum Gasteiger partial charge on any atom is 0.337 e. The molecule has 0 aromatic heterocycles. The van der Waals surface area contributed by atoms with Crippen molar-refractivity contribution in [3.05, 3.63) is 29.8 Å². The predicted molar refractivity (Wildman–Crippen MR) is 50.1 cm³/mol. The number of carbonyl (C=O) groups is 1. The Hall–Kier alpha value is -1.16. The minimum Gasteiger partial charge on any atom is -0.465 e. The second kappa shape index (κ2) is 4.18. The fourth-order valence-corrected chi connectivity index (χ4v) is 1.48. The van der Waals surface area contributed by atoms with Crippen molar-refractivity contribution in [2.45, 2.75) is 4.90 Å². The number of rotatable bonds is 2. The van der Waals surface area contributed by atoms with E-state index in [-0.39, 0.29) is 0 Å². The topological polar surface area (TPSA) is 43.4 Å². The maximum atomic E-state index is 11.1. The third-order valence-corrected chi connectivity index (χ3v) is 2.50. The Balaban J connectivity index is 3.05. The first kappa shape index (κ1) is 9.92. The van der Waals surface area contributed by atoms with Crippen LogP contribution in [0.25, 0.3) is 0 Å². The molecule has 1 aromatic carbocycles. The van der Waals surface area contributed by atoms with Gasteiger partial charge in [0, 0.05) is 22.0 Å². The van der Waals surface area contributed by atoms with Crippen molar-refractivity contribution >= 4 is 16.8 Å². The van der Waals surface area contributed by atoms with E-state index in [2.05, 4.69) is 4.74 Å². The molecule has 0 N–H and O–H groups in total. The van der Waals surface area contributed by atoms with Gasteiger partial charge in [0.1, 0.15) is 0 Å². The van der Waals surface area contributed by atoms with Gasteiger partial charge in [-0.2, -0.15) is 0 Å². The summed E-state index contributed by atoms with van der Waals surface area (Å²) in [7, 11) is 0.252. The molecule has 0 heterocycles. The van der Waals surface area contributed by atoms with Crippen LogP contribution < -0.4 is 0 Å². The minimum atomic E-state index is -1.07. The van der Waals surface area contributed by atoms with Crippen LogP contribution in [0.1, 0.15) is 10.4 Å². The van der Waals surface area contributed by atoms with Gasteiger partial charge in [-0.15, -0.1) is 0 Å². The van der Waals surface area contributed by atoms with Crippen LogP contribution in [0.2, 0.25) is 0 Å². The van der Waals surface area contributed by atoms with Crippen molar-refractivity contribution in [2.75, 3.05) is 13.4 Å². The molecule has 1 rings (SSSR count). The molecule has 0 saturated carbocycles. The lowest BCUT2D eigenvalue weighted by molar-refractivity contribution is 0.0600. The molecular weight excluding hydrogens is 188 g/mol. The number of hydrogen-bond donors (Lipinski definition) is 0. The Labute approximate surface area is 79.2 Å². The molecule has 3 nitrogen and oxygen atoms in total. The Kier molecular flexibility index (Phi) is 3.19. The average molecular weight is 198 g/mol. The first-order valence-corrected chi connectivity index (χ1v) is 5.22. The van der Waals surface area contributed by atoms with Crippen molar-refractivity contribution in [3.8, 4) is 0 Å². The van der Waals surface area contributed by atoms with Crippen LogP contribution in [0.5, 0.6) is 0 Å². The van der Waals surface area contributed by atoms with Gasteiger partial charge in [-0.1, -0.05) is 6.07 Å². The third kappa shape index (κ3) is 2.39. The largest absolute Gasteiger partial charge is 0.465 e. The molecule has 0 fully saturated rings. The summed E-state index contributed by atoms with van der Waals surface area (Å²) < 4.78 is 15.6. The van der Waals surface area contributed by atoms with Crippen molar-refractivity contribution in [2.24, 2.45) is 0 Å². The number of esters is 1. The molecule has 0 amide bonds. The molecule has 0 bridgehead atoms. The summed E-state index contributed by atoms with van der Waals surface area (Å²) in [5.41, 5.74) is 0.426. The fraction of sp³-hybridized carbons (Fsp3) is 0.222. The van der Waals surface area contributed by atoms with E-state index in [1.807, 2.05) is 0 Å². The molecule has 70 valence electrons. The summed E-state index contributed by atoms with van der Waals surface area (Å²) in [5.74, 6) is -0.410. The van der Waals surface area contributed by atoms with Crippen LogP contribution in [0.15, 0.2) is 29.2 Å². The molecule has 0 radical (unpaired) electrons. The van der Waals surface area contributed by atoms with E-state index in [0.29, 0.717) is 10.5 Å². The van der Waals surface area contributed by atoms with E-state index in [1.165, 1.54) is 7.11 Å². The van der Waals surface area contributed by atoms with E-state index in [1.54, 1.807) is 30.5 Å². The molecular formula is C9H10O3S. The lowest BCUT2D eigenvalue weighted by Gasteiger charge is -2.00. The zero-order valence-electron chi connectivity index (χ0n) is 7.44. The maximum absolute atomic E-state index is 11.1. The van der Waals surface area contributed by atoms with E-state index in [9.17, 15) is 9.00 Å². The highest BCUT2D eigenvalue weighted by molar-refractivity contribution is 7.84. The Bertz CT molecular complexity index is 346. The minimum absolute atomic E-state index is 0.410. The van der Waals surface area contributed by atoms with E-state index >= 15 is 0 Å².